The number of carbonyl (C=O) groups is 2. The van der Waals surface area contributed by atoms with E-state index in [-0.39, 0.29) is 11.7 Å². The number of anilines is 3. The molecule has 0 saturated heterocycles. The van der Waals surface area contributed by atoms with E-state index in [9.17, 15) is 9.59 Å². The second-order valence-electron chi connectivity index (χ2n) is 6.50. The Morgan fingerprint density at radius 2 is 1.60 bits per heavy atom. The first-order chi connectivity index (χ1) is 14.6. The Labute approximate surface area is 172 Å². The monoisotopic (exact) mass is 398 g/mol. The summed E-state index contributed by atoms with van der Waals surface area (Å²) >= 11 is 0. The molecule has 0 unspecified atom stereocenters. The molecule has 4 rings (SSSR count). The predicted molar refractivity (Wildman–Crippen MR) is 113 cm³/mol. The highest BCUT2D eigenvalue weighted by molar-refractivity contribution is 6.05. The number of rotatable bonds is 6. The number of carbonyl (C=O) groups excluding carboxylic acids is 2. The Morgan fingerprint density at radius 1 is 0.900 bits per heavy atom. The lowest BCUT2D eigenvalue weighted by Gasteiger charge is -2.09. The summed E-state index contributed by atoms with van der Waals surface area (Å²) in [7, 11) is 0. The van der Waals surface area contributed by atoms with Crippen molar-refractivity contribution in [3.8, 4) is 5.82 Å². The number of nitrogens with zero attached hydrogens (tertiary/aromatic N) is 4. The van der Waals surface area contributed by atoms with Gasteiger partial charge >= 0.3 is 0 Å². The molecule has 0 aliphatic heterocycles. The van der Waals surface area contributed by atoms with Crippen molar-refractivity contribution >= 4 is 28.9 Å². The summed E-state index contributed by atoms with van der Waals surface area (Å²) in [6, 6.07) is 17.4. The summed E-state index contributed by atoms with van der Waals surface area (Å²) in [5.74, 6) is 0.992. The van der Waals surface area contributed by atoms with Crippen LogP contribution in [0.3, 0.4) is 0 Å². The molecule has 2 aromatic heterocycles. The van der Waals surface area contributed by atoms with Crippen LogP contribution in [-0.2, 0) is 0 Å². The van der Waals surface area contributed by atoms with E-state index in [0.717, 1.165) is 5.69 Å². The maximum absolute atomic E-state index is 12.4. The molecule has 0 fully saturated rings. The van der Waals surface area contributed by atoms with Crippen LogP contribution in [-0.4, -0.2) is 31.4 Å². The van der Waals surface area contributed by atoms with Crippen molar-refractivity contribution in [3.05, 3.63) is 90.5 Å². The van der Waals surface area contributed by atoms with Gasteiger partial charge in [0.25, 0.3) is 5.91 Å². The topological polar surface area (TPSA) is 102 Å². The van der Waals surface area contributed by atoms with Gasteiger partial charge in [0, 0.05) is 41.0 Å². The molecule has 0 saturated carbocycles. The Kier molecular flexibility index (Phi) is 5.29. The summed E-state index contributed by atoms with van der Waals surface area (Å²) in [6.45, 7) is 1.49. The highest BCUT2D eigenvalue weighted by Crippen LogP contribution is 2.19. The fourth-order valence-corrected chi connectivity index (χ4v) is 2.79. The summed E-state index contributed by atoms with van der Waals surface area (Å²) in [5.41, 5.74) is 2.52. The van der Waals surface area contributed by atoms with E-state index in [2.05, 4.69) is 25.7 Å². The molecule has 8 nitrogen and oxygen atoms in total. The van der Waals surface area contributed by atoms with E-state index in [1.54, 1.807) is 59.5 Å². The van der Waals surface area contributed by atoms with Crippen molar-refractivity contribution in [3.63, 3.8) is 0 Å². The van der Waals surface area contributed by atoms with Gasteiger partial charge in [-0.3, -0.25) is 9.59 Å². The molecule has 0 bridgehead atoms. The van der Waals surface area contributed by atoms with Crippen LogP contribution in [0.5, 0.6) is 0 Å². The molecule has 0 aliphatic carbocycles. The van der Waals surface area contributed by atoms with E-state index in [0.29, 0.717) is 28.5 Å². The smallest absolute Gasteiger partial charge is 0.255 e. The summed E-state index contributed by atoms with van der Waals surface area (Å²) in [5, 5.41) is 10.2. The van der Waals surface area contributed by atoms with E-state index in [4.69, 9.17) is 0 Å². The third-order valence-electron chi connectivity index (χ3n) is 4.36. The van der Waals surface area contributed by atoms with E-state index in [1.165, 1.54) is 13.3 Å². The van der Waals surface area contributed by atoms with Gasteiger partial charge in [-0.1, -0.05) is 12.1 Å². The molecule has 0 spiro atoms. The normalized spacial score (nSPS) is 10.4. The minimum absolute atomic E-state index is 0.0366. The van der Waals surface area contributed by atoms with Crippen LogP contribution in [0.4, 0.5) is 17.2 Å². The van der Waals surface area contributed by atoms with Gasteiger partial charge in [-0.15, -0.1) is 0 Å². The fourth-order valence-electron chi connectivity index (χ4n) is 2.79. The van der Waals surface area contributed by atoms with E-state index < -0.39 is 0 Å². The van der Waals surface area contributed by atoms with Crippen LogP contribution in [0.1, 0.15) is 27.6 Å². The van der Waals surface area contributed by atoms with Crippen LogP contribution < -0.4 is 10.6 Å². The molecule has 0 radical (unpaired) electrons. The Morgan fingerprint density at radius 3 is 2.27 bits per heavy atom. The van der Waals surface area contributed by atoms with Crippen LogP contribution in [0, 0.1) is 0 Å². The number of amides is 1. The van der Waals surface area contributed by atoms with Crippen molar-refractivity contribution in [2.75, 3.05) is 10.6 Å². The Bertz CT molecular complexity index is 1170. The number of hydrogen-bond donors (Lipinski definition) is 2. The quantitative estimate of drug-likeness (QED) is 0.478. The van der Waals surface area contributed by atoms with Crippen molar-refractivity contribution in [1.82, 2.24) is 19.7 Å². The van der Waals surface area contributed by atoms with Crippen LogP contribution in [0.15, 0.2) is 79.4 Å². The number of aromatic nitrogens is 4. The van der Waals surface area contributed by atoms with Crippen LogP contribution in [0.25, 0.3) is 5.82 Å². The van der Waals surface area contributed by atoms with Gasteiger partial charge in [0.1, 0.15) is 12.1 Å². The molecule has 1 amide bonds. The van der Waals surface area contributed by atoms with Crippen molar-refractivity contribution in [2.24, 2.45) is 0 Å². The zero-order valence-corrected chi connectivity index (χ0v) is 16.1. The first-order valence-electron chi connectivity index (χ1n) is 9.20. The Balaban J connectivity index is 1.41. The van der Waals surface area contributed by atoms with E-state index in [1.807, 2.05) is 18.2 Å². The molecule has 2 aromatic carbocycles. The second-order valence-corrected chi connectivity index (χ2v) is 6.50. The standard InChI is InChI=1S/C22H18N6O2/c1-15(29)16-3-5-17(6-4-16)22(30)27-19-9-7-18(8-10-19)26-20-13-21(24-14-23-20)28-12-2-11-25-28/h2-14H,1H3,(H,27,30)(H,23,24,26). The molecule has 2 N–H and O–H groups in total. The zero-order valence-electron chi connectivity index (χ0n) is 16.1. The molecule has 4 aromatic rings. The van der Waals surface area contributed by atoms with Crippen LogP contribution >= 0.6 is 0 Å². The number of benzene rings is 2. The number of nitrogens with one attached hydrogen (secondary N) is 2. The zero-order chi connectivity index (χ0) is 20.9. The molecule has 0 aliphatic rings. The Hall–Kier alpha value is -4.33. The maximum Gasteiger partial charge on any atom is 0.255 e. The molecule has 2 heterocycles. The van der Waals surface area contributed by atoms with Gasteiger partial charge in [-0.25, -0.2) is 14.6 Å². The lowest BCUT2D eigenvalue weighted by Crippen LogP contribution is -2.12. The number of Topliss-reactive ketones (excluding diaryl/α,β-unsaturated/α-hetero) is 1. The van der Waals surface area contributed by atoms with Crippen molar-refractivity contribution < 1.29 is 9.59 Å². The summed E-state index contributed by atoms with van der Waals surface area (Å²) in [4.78, 5) is 32.1. The van der Waals surface area contributed by atoms with Crippen molar-refractivity contribution in [2.45, 2.75) is 6.92 Å². The van der Waals surface area contributed by atoms with Gasteiger partial charge in [0.2, 0.25) is 0 Å². The second kappa shape index (κ2) is 8.36. The SMILES string of the molecule is CC(=O)c1ccc(C(=O)Nc2ccc(Nc3cc(-n4cccn4)ncn3)cc2)cc1. The molecule has 30 heavy (non-hydrogen) atoms. The van der Waals surface area contributed by atoms with Gasteiger partial charge in [0.05, 0.1) is 0 Å². The third-order valence-corrected chi connectivity index (χ3v) is 4.36. The van der Waals surface area contributed by atoms with Gasteiger partial charge in [0.15, 0.2) is 11.6 Å². The molecular formula is C22H18N6O2. The predicted octanol–water partition coefficient (Wildman–Crippen LogP) is 3.86. The largest absolute Gasteiger partial charge is 0.340 e. The highest BCUT2D eigenvalue weighted by Gasteiger charge is 2.08. The molecule has 0 atom stereocenters. The summed E-state index contributed by atoms with van der Waals surface area (Å²) < 4.78 is 1.65. The van der Waals surface area contributed by atoms with Crippen molar-refractivity contribution in [1.29, 1.82) is 0 Å². The number of ketones is 1. The minimum atomic E-state index is -0.245. The lowest BCUT2D eigenvalue weighted by molar-refractivity contribution is 0.101. The first kappa shape index (κ1) is 19.0. The average molecular weight is 398 g/mol. The minimum Gasteiger partial charge on any atom is -0.340 e. The molecular weight excluding hydrogens is 380 g/mol. The highest BCUT2D eigenvalue weighted by atomic mass is 16.1. The average Bonchev–Trinajstić information content (AvgIpc) is 3.30. The van der Waals surface area contributed by atoms with E-state index >= 15 is 0 Å². The third kappa shape index (κ3) is 4.39. The first-order valence-corrected chi connectivity index (χ1v) is 9.20. The van der Waals surface area contributed by atoms with Gasteiger partial charge < -0.3 is 10.6 Å². The lowest BCUT2D eigenvalue weighted by atomic mass is 10.1. The van der Waals surface area contributed by atoms with Crippen LogP contribution in [0.2, 0.25) is 0 Å². The van der Waals surface area contributed by atoms with Gasteiger partial charge in [-0.2, -0.15) is 5.10 Å². The fraction of sp³-hybridized carbons (Fsp3) is 0.0455. The number of hydrogen-bond acceptors (Lipinski definition) is 6. The molecule has 148 valence electrons. The molecule has 8 heteroatoms. The summed E-state index contributed by atoms with van der Waals surface area (Å²) in [6.07, 6.45) is 4.95. The maximum atomic E-state index is 12.4. The van der Waals surface area contributed by atoms with Gasteiger partial charge in [-0.05, 0) is 49.4 Å².